The number of rotatable bonds is 3. The standard InChI is InChI=1S/C13H26N2O2/c1-10(14)13-9-15(7-8-17-13)11-3-5-12(16-2)6-4-11/h10-13H,3-9,14H2,1-2H3. The summed E-state index contributed by atoms with van der Waals surface area (Å²) < 4.78 is 11.1. The Balaban J connectivity index is 1.82. The van der Waals surface area contributed by atoms with Gasteiger partial charge in [-0.2, -0.15) is 0 Å². The fraction of sp³-hybridized carbons (Fsp3) is 1.00. The summed E-state index contributed by atoms with van der Waals surface area (Å²) in [6.07, 6.45) is 5.59. The van der Waals surface area contributed by atoms with Gasteiger partial charge in [-0.05, 0) is 32.6 Å². The molecule has 1 heterocycles. The molecule has 1 saturated carbocycles. The van der Waals surface area contributed by atoms with Crippen LogP contribution in [0.1, 0.15) is 32.6 Å². The van der Waals surface area contributed by atoms with Crippen molar-refractivity contribution in [3.8, 4) is 0 Å². The molecular weight excluding hydrogens is 216 g/mol. The summed E-state index contributed by atoms with van der Waals surface area (Å²) in [4.78, 5) is 2.57. The van der Waals surface area contributed by atoms with Crippen LogP contribution in [0, 0.1) is 0 Å². The molecule has 2 aliphatic rings. The van der Waals surface area contributed by atoms with Gasteiger partial charge in [0.05, 0.1) is 18.8 Å². The molecule has 17 heavy (non-hydrogen) atoms. The third-order valence-corrected chi connectivity index (χ3v) is 4.20. The summed E-state index contributed by atoms with van der Waals surface area (Å²) in [7, 11) is 1.83. The van der Waals surface area contributed by atoms with Gasteiger partial charge in [-0.15, -0.1) is 0 Å². The van der Waals surface area contributed by atoms with Crippen molar-refractivity contribution in [2.75, 3.05) is 26.8 Å². The number of ether oxygens (including phenoxy) is 2. The summed E-state index contributed by atoms with van der Waals surface area (Å²) in [5.41, 5.74) is 5.93. The van der Waals surface area contributed by atoms with Crippen LogP contribution in [0.25, 0.3) is 0 Å². The summed E-state index contributed by atoms with van der Waals surface area (Å²) in [5.74, 6) is 0. The van der Waals surface area contributed by atoms with Gasteiger partial charge in [0.25, 0.3) is 0 Å². The van der Waals surface area contributed by atoms with E-state index in [-0.39, 0.29) is 12.1 Å². The molecule has 2 fully saturated rings. The number of nitrogens with two attached hydrogens (primary N) is 1. The minimum absolute atomic E-state index is 0.133. The van der Waals surface area contributed by atoms with Gasteiger partial charge in [0.15, 0.2) is 0 Å². The van der Waals surface area contributed by atoms with Gasteiger partial charge in [-0.25, -0.2) is 0 Å². The van der Waals surface area contributed by atoms with Crippen LogP contribution in [0.3, 0.4) is 0 Å². The van der Waals surface area contributed by atoms with E-state index < -0.39 is 0 Å². The lowest BCUT2D eigenvalue weighted by atomic mass is 9.91. The molecule has 1 aliphatic heterocycles. The maximum absolute atomic E-state index is 5.93. The Bertz CT molecular complexity index is 227. The predicted molar refractivity (Wildman–Crippen MR) is 68.0 cm³/mol. The van der Waals surface area contributed by atoms with Crippen molar-refractivity contribution < 1.29 is 9.47 Å². The minimum Gasteiger partial charge on any atom is -0.381 e. The van der Waals surface area contributed by atoms with Crippen molar-refractivity contribution >= 4 is 0 Å². The van der Waals surface area contributed by atoms with Gasteiger partial charge >= 0.3 is 0 Å². The van der Waals surface area contributed by atoms with E-state index in [1.807, 2.05) is 14.0 Å². The second-order valence-corrected chi connectivity index (χ2v) is 5.43. The van der Waals surface area contributed by atoms with Crippen LogP contribution in [0.15, 0.2) is 0 Å². The third-order valence-electron chi connectivity index (χ3n) is 4.20. The Kier molecular flexibility index (Phi) is 4.79. The van der Waals surface area contributed by atoms with Crippen molar-refractivity contribution in [1.82, 2.24) is 4.90 Å². The molecule has 2 rings (SSSR count). The molecule has 0 radical (unpaired) electrons. The van der Waals surface area contributed by atoms with Gasteiger partial charge in [0.1, 0.15) is 0 Å². The quantitative estimate of drug-likeness (QED) is 0.802. The van der Waals surface area contributed by atoms with Crippen molar-refractivity contribution in [1.29, 1.82) is 0 Å². The molecule has 0 aromatic carbocycles. The number of hydrogen-bond acceptors (Lipinski definition) is 4. The van der Waals surface area contributed by atoms with Crippen LogP contribution in [-0.4, -0.2) is 56.0 Å². The monoisotopic (exact) mass is 242 g/mol. The summed E-state index contributed by atoms with van der Waals surface area (Å²) in [5, 5.41) is 0. The first-order valence-corrected chi connectivity index (χ1v) is 6.84. The minimum atomic E-state index is 0.133. The first-order chi connectivity index (χ1) is 8.20. The van der Waals surface area contributed by atoms with Crippen LogP contribution < -0.4 is 5.73 Å². The average Bonchev–Trinajstić information content (AvgIpc) is 2.39. The fourth-order valence-corrected chi connectivity index (χ4v) is 2.99. The van der Waals surface area contributed by atoms with Crippen LogP contribution >= 0.6 is 0 Å². The highest BCUT2D eigenvalue weighted by molar-refractivity contribution is 4.85. The van der Waals surface area contributed by atoms with Gasteiger partial charge in [-0.1, -0.05) is 0 Å². The second-order valence-electron chi connectivity index (χ2n) is 5.43. The highest BCUT2D eigenvalue weighted by atomic mass is 16.5. The van der Waals surface area contributed by atoms with Crippen molar-refractivity contribution in [3.63, 3.8) is 0 Å². The van der Waals surface area contributed by atoms with E-state index in [2.05, 4.69) is 4.90 Å². The number of methoxy groups -OCH3 is 1. The van der Waals surface area contributed by atoms with Crippen LogP contribution in [0.2, 0.25) is 0 Å². The molecule has 1 saturated heterocycles. The molecule has 100 valence electrons. The zero-order valence-corrected chi connectivity index (χ0v) is 11.1. The molecule has 4 heteroatoms. The molecule has 2 N–H and O–H groups in total. The van der Waals surface area contributed by atoms with Crippen LogP contribution in [0.5, 0.6) is 0 Å². The SMILES string of the molecule is COC1CCC(N2CCOC(C(C)N)C2)CC1. The van der Waals surface area contributed by atoms with Crippen LogP contribution in [0.4, 0.5) is 0 Å². The molecule has 0 spiro atoms. The van der Waals surface area contributed by atoms with Crippen molar-refractivity contribution in [2.24, 2.45) is 5.73 Å². The lowest BCUT2D eigenvalue weighted by molar-refractivity contribution is -0.0626. The Morgan fingerprint density at radius 3 is 2.59 bits per heavy atom. The van der Waals surface area contributed by atoms with Crippen LogP contribution in [-0.2, 0) is 9.47 Å². The number of hydrogen-bond donors (Lipinski definition) is 1. The molecule has 1 aliphatic carbocycles. The zero-order chi connectivity index (χ0) is 12.3. The average molecular weight is 242 g/mol. The largest absolute Gasteiger partial charge is 0.381 e. The molecule has 0 amide bonds. The van der Waals surface area contributed by atoms with E-state index in [4.69, 9.17) is 15.2 Å². The summed E-state index contributed by atoms with van der Waals surface area (Å²) in [6, 6.07) is 0.847. The Morgan fingerprint density at radius 1 is 1.29 bits per heavy atom. The molecule has 4 nitrogen and oxygen atoms in total. The Morgan fingerprint density at radius 2 is 2.00 bits per heavy atom. The van der Waals surface area contributed by atoms with Crippen molar-refractivity contribution in [2.45, 2.75) is 56.9 Å². The molecule has 0 aromatic heterocycles. The number of morpholine rings is 1. The van der Waals surface area contributed by atoms with E-state index in [1.165, 1.54) is 25.7 Å². The first-order valence-electron chi connectivity index (χ1n) is 6.84. The van der Waals surface area contributed by atoms with Gasteiger partial charge < -0.3 is 15.2 Å². The lowest BCUT2D eigenvalue weighted by Crippen LogP contribution is -2.53. The van der Waals surface area contributed by atoms with Crippen molar-refractivity contribution in [3.05, 3.63) is 0 Å². The molecular formula is C13H26N2O2. The summed E-state index contributed by atoms with van der Waals surface area (Å²) in [6.45, 7) is 4.93. The first kappa shape index (κ1) is 13.3. The van der Waals surface area contributed by atoms with E-state index in [1.54, 1.807) is 0 Å². The normalized spacial score (nSPS) is 37.9. The number of nitrogens with zero attached hydrogens (tertiary/aromatic N) is 1. The maximum atomic E-state index is 5.93. The van der Waals surface area contributed by atoms with Gasteiger partial charge in [0, 0.05) is 32.3 Å². The smallest absolute Gasteiger partial charge is 0.0850 e. The zero-order valence-electron chi connectivity index (χ0n) is 11.1. The summed E-state index contributed by atoms with van der Waals surface area (Å²) >= 11 is 0. The van der Waals surface area contributed by atoms with E-state index >= 15 is 0 Å². The third kappa shape index (κ3) is 3.41. The topological polar surface area (TPSA) is 47.7 Å². The molecule has 2 atom stereocenters. The predicted octanol–water partition coefficient (Wildman–Crippen LogP) is 0.992. The lowest BCUT2D eigenvalue weighted by Gasteiger charge is -2.42. The second kappa shape index (κ2) is 6.14. The molecule has 0 aromatic rings. The van der Waals surface area contributed by atoms with E-state index in [9.17, 15) is 0 Å². The van der Waals surface area contributed by atoms with E-state index in [0.717, 1.165) is 19.7 Å². The highest BCUT2D eigenvalue weighted by Crippen LogP contribution is 2.26. The Labute approximate surface area is 104 Å². The molecule has 2 unspecified atom stereocenters. The Hall–Kier alpha value is -0.160. The maximum Gasteiger partial charge on any atom is 0.0850 e. The fourth-order valence-electron chi connectivity index (χ4n) is 2.99. The van der Waals surface area contributed by atoms with E-state index in [0.29, 0.717) is 12.1 Å². The van der Waals surface area contributed by atoms with Gasteiger partial charge in [0.2, 0.25) is 0 Å². The molecule has 0 bridgehead atoms. The van der Waals surface area contributed by atoms with Gasteiger partial charge in [-0.3, -0.25) is 4.90 Å². The highest BCUT2D eigenvalue weighted by Gasteiger charge is 2.30.